The van der Waals surface area contributed by atoms with Gasteiger partial charge in [-0.15, -0.1) is 0 Å². The van der Waals surface area contributed by atoms with Crippen LogP contribution in [0.2, 0.25) is 0 Å². The fourth-order valence-corrected chi connectivity index (χ4v) is 2.13. The number of hydrogen-bond acceptors (Lipinski definition) is 3. The number of aromatic nitrogens is 2. The molecule has 0 radical (unpaired) electrons. The Labute approximate surface area is 125 Å². The van der Waals surface area contributed by atoms with Crippen LogP contribution in [0, 0.1) is 0 Å². The highest BCUT2D eigenvalue weighted by molar-refractivity contribution is 6.06. The number of carbonyl (C=O) groups is 1. The number of amides is 1. The number of benzene rings is 1. The van der Waals surface area contributed by atoms with Crippen molar-refractivity contribution in [3.63, 3.8) is 0 Å². The zero-order valence-electron chi connectivity index (χ0n) is 13.0. The van der Waals surface area contributed by atoms with Crippen molar-refractivity contribution in [2.45, 2.75) is 39.7 Å². The lowest BCUT2D eigenvalue weighted by molar-refractivity contribution is 0.101. The van der Waals surface area contributed by atoms with Gasteiger partial charge in [-0.25, -0.2) is 0 Å². The first-order valence-electron chi connectivity index (χ1n) is 7.06. The van der Waals surface area contributed by atoms with E-state index in [1.807, 2.05) is 31.2 Å². The van der Waals surface area contributed by atoms with E-state index in [0.717, 1.165) is 5.69 Å². The van der Waals surface area contributed by atoms with E-state index < -0.39 is 0 Å². The van der Waals surface area contributed by atoms with Crippen molar-refractivity contribution >= 4 is 17.3 Å². The summed E-state index contributed by atoms with van der Waals surface area (Å²) in [6.45, 7) is 8.98. The molecule has 21 heavy (non-hydrogen) atoms. The van der Waals surface area contributed by atoms with Crippen LogP contribution in [0.25, 0.3) is 0 Å². The smallest absolute Gasteiger partial charge is 0.276 e. The number of hydrogen-bond donors (Lipinski definition) is 2. The number of nitrogens with zero attached hydrogens (tertiary/aromatic N) is 2. The molecule has 1 heterocycles. The van der Waals surface area contributed by atoms with Crippen LogP contribution in [0.5, 0.6) is 0 Å². The SMILES string of the molecule is CCn1ncc(N)c1C(=O)Nc1ccc(C(C)(C)C)cc1. The summed E-state index contributed by atoms with van der Waals surface area (Å²) in [6.07, 6.45) is 1.50. The number of nitrogens with two attached hydrogens (primary N) is 1. The van der Waals surface area contributed by atoms with Crippen LogP contribution in [0.1, 0.15) is 43.7 Å². The quantitative estimate of drug-likeness (QED) is 0.911. The minimum Gasteiger partial charge on any atom is -0.396 e. The summed E-state index contributed by atoms with van der Waals surface area (Å²) in [5.41, 5.74) is 8.66. The molecule has 1 aromatic carbocycles. The monoisotopic (exact) mass is 286 g/mol. The molecular formula is C16H22N4O. The van der Waals surface area contributed by atoms with Crippen LogP contribution < -0.4 is 11.1 Å². The predicted molar refractivity (Wildman–Crippen MR) is 85.4 cm³/mol. The van der Waals surface area contributed by atoms with Crippen LogP contribution in [0.15, 0.2) is 30.5 Å². The maximum absolute atomic E-state index is 12.3. The minimum atomic E-state index is -0.240. The lowest BCUT2D eigenvalue weighted by Gasteiger charge is -2.19. The predicted octanol–water partition coefficient (Wildman–Crippen LogP) is 3.04. The van der Waals surface area contributed by atoms with Crippen molar-refractivity contribution in [3.05, 3.63) is 41.7 Å². The molecule has 0 bridgehead atoms. The summed E-state index contributed by atoms with van der Waals surface area (Å²) in [5, 5.41) is 6.93. The molecular weight excluding hydrogens is 264 g/mol. The van der Waals surface area contributed by atoms with E-state index in [9.17, 15) is 4.79 Å². The summed E-state index contributed by atoms with van der Waals surface area (Å²) < 4.78 is 1.59. The fourth-order valence-electron chi connectivity index (χ4n) is 2.13. The lowest BCUT2D eigenvalue weighted by Crippen LogP contribution is -2.19. The van der Waals surface area contributed by atoms with Gasteiger partial charge in [-0.1, -0.05) is 32.9 Å². The molecule has 0 aliphatic carbocycles. The topological polar surface area (TPSA) is 72.9 Å². The molecule has 0 aliphatic heterocycles. The molecule has 0 spiro atoms. The number of rotatable bonds is 3. The largest absolute Gasteiger partial charge is 0.396 e. The van der Waals surface area contributed by atoms with Crippen LogP contribution in [0.4, 0.5) is 11.4 Å². The summed E-state index contributed by atoms with van der Waals surface area (Å²) in [6, 6.07) is 7.86. The molecule has 2 aromatic rings. The Morgan fingerprint density at radius 3 is 2.43 bits per heavy atom. The molecule has 1 aromatic heterocycles. The Kier molecular flexibility index (Phi) is 4.02. The first-order valence-corrected chi connectivity index (χ1v) is 7.06. The lowest BCUT2D eigenvalue weighted by atomic mass is 9.87. The molecule has 0 aliphatic rings. The average Bonchev–Trinajstić information content (AvgIpc) is 2.79. The van der Waals surface area contributed by atoms with Gasteiger partial charge in [0, 0.05) is 12.2 Å². The summed E-state index contributed by atoms with van der Waals surface area (Å²) in [7, 11) is 0. The van der Waals surface area contributed by atoms with E-state index >= 15 is 0 Å². The molecule has 0 unspecified atom stereocenters. The molecule has 3 N–H and O–H groups in total. The normalized spacial score (nSPS) is 11.4. The van der Waals surface area contributed by atoms with Gasteiger partial charge in [-0.3, -0.25) is 9.48 Å². The van der Waals surface area contributed by atoms with Crippen LogP contribution >= 0.6 is 0 Å². The molecule has 112 valence electrons. The van der Waals surface area contributed by atoms with E-state index in [4.69, 9.17) is 5.73 Å². The van der Waals surface area contributed by atoms with Crippen molar-refractivity contribution < 1.29 is 4.79 Å². The Bertz CT molecular complexity index is 635. The van der Waals surface area contributed by atoms with Crippen molar-refractivity contribution in [2.75, 3.05) is 11.1 Å². The summed E-state index contributed by atoms with van der Waals surface area (Å²) in [4.78, 5) is 12.3. The van der Waals surface area contributed by atoms with Crippen molar-refractivity contribution in [1.82, 2.24) is 9.78 Å². The Morgan fingerprint density at radius 1 is 1.29 bits per heavy atom. The standard InChI is InChI=1S/C16H22N4O/c1-5-20-14(13(17)10-18-20)15(21)19-12-8-6-11(7-9-12)16(2,3)4/h6-10H,5,17H2,1-4H3,(H,19,21). The number of nitrogens with one attached hydrogen (secondary N) is 1. The van der Waals surface area contributed by atoms with Crippen molar-refractivity contribution in [2.24, 2.45) is 0 Å². The third kappa shape index (κ3) is 3.24. The van der Waals surface area contributed by atoms with Crippen LogP contribution in [-0.2, 0) is 12.0 Å². The second kappa shape index (κ2) is 5.60. The number of aryl methyl sites for hydroxylation is 1. The van der Waals surface area contributed by atoms with Gasteiger partial charge in [-0.2, -0.15) is 5.10 Å². The van der Waals surface area contributed by atoms with Crippen molar-refractivity contribution in [3.8, 4) is 0 Å². The highest BCUT2D eigenvalue weighted by atomic mass is 16.2. The second-order valence-electron chi connectivity index (χ2n) is 6.05. The average molecular weight is 286 g/mol. The highest BCUT2D eigenvalue weighted by Crippen LogP contribution is 2.24. The molecule has 0 atom stereocenters. The van der Waals surface area contributed by atoms with Gasteiger partial charge in [0.2, 0.25) is 0 Å². The van der Waals surface area contributed by atoms with Crippen LogP contribution in [-0.4, -0.2) is 15.7 Å². The number of carbonyl (C=O) groups excluding carboxylic acids is 1. The first kappa shape index (κ1) is 15.1. The van der Waals surface area contributed by atoms with Gasteiger partial charge < -0.3 is 11.1 Å². The van der Waals surface area contributed by atoms with Crippen LogP contribution in [0.3, 0.4) is 0 Å². The van der Waals surface area contributed by atoms with Gasteiger partial charge in [0.15, 0.2) is 0 Å². The molecule has 1 amide bonds. The Morgan fingerprint density at radius 2 is 1.90 bits per heavy atom. The van der Waals surface area contributed by atoms with E-state index in [1.165, 1.54) is 11.8 Å². The number of anilines is 2. The fraction of sp³-hybridized carbons (Fsp3) is 0.375. The zero-order chi connectivity index (χ0) is 15.6. The van der Waals surface area contributed by atoms with Gasteiger partial charge in [0.25, 0.3) is 5.91 Å². The third-order valence-corrected chi connectivity index (χ3v) is 3.39. The van der Waals surface area contributed by atoms with Gasteiger partial charge >= 0.3 is 0 Å². The summed E-state index contributed by atoms with van der Waals surface area (Å²) >= 11 is 0. The van der Waals surface area contributed by atoms with E-state index in [0.29, 0.717) is 17.9 Å². The zero-order valence-corrected chi connectivity index (χ0v) is 13.0. The number of nitrogen functional groups attached to an aromatic ring is 1. The van der Waals surface area contributed by atoms with Gasteiger partial charge in [0.1, 0.15) is 5.69 Å². The molecule has 0 saturated carbocycles. The van der Waals surface area contributed by atoms with E-state index in [1.54, 1.807) is 4.68 Å². The Hall–Kier alpha value is -2.30. The molecule has 2 rings (SSSR count). The second-order valence-corrected chi connectivity index (χ2v) is 6.05. The maximum atomic E-state index is 12.3. The Balaban J connectivity index is 2.18. The minimum absolute atomic E-state index is 0.0911. The highest BCUT2D eigenvalue weighted by Gasteiger charge is 2.17. The molecule has 5 nitrogen and oxygen atoms in total. The van der Waals surface area contributed by atoms with E-state index in [2.05, 4.69) is 31.2 Å². The maximum Gasteiger partial charge on any atom is 0.276 e. The third-order valence-electron chi connectivity index (χ3n) is 3.39. The van der Waals surface area contributed by atoms with Crippen molar-refractivity contribution in [1.29, 1.82) is 0 Å². The first-order chi connectivity index (χ1) is 9.82. The molecule has 5 heteroatoms. The van der Waals surface area contributed by atoms with Gasteiger partial charge in [-0.05, 0) is 30.0 Å². The van der Waals surface area contributed by atoms with E-state index in [-0.39, 0.29) is 11.3 Å². The van der Waals surface area contributed by atoms with Gasteiger partial charge in [0.05, 0.1) is 11.9 Å². The molecule has 0 saturated heterocycles. The molecule has 0 fully saturated rings. The summed E-state index contributed by atoms with van der Waals surface area (Å²) in [5.74, 6) is -0.240.